The molecule has 0 atom stereocenters. The van der Waals surface area contributed by atoms with Crippen LogP contribution in [0.3, 0.4) is 0 Å². The van der Waals surface area contributed by atoms with Crippen LogP contribution in [-0.2, 0) is 25.9 Å². The zero-order valence-electron chi connectivity index (χ0n) is 16.3. The van der Waals surface area contributed by atoms with E-state index in [0.717, 1.165) is 29.9 Å². The Kier molecular flexibility index (Phi) is 10.8. The summed E-state index contributed by atoms with van der Waals surface area (Å²) in [5, 5.41) is 10.5. The van der Waals surface area contributed by atoms with Gasteiger partial charge in [-0.3, -0.25) is 0 Å². The first-order chi connectivity index (χ1) is 13.1. The van der Waals surface area contributed by atoms with Crippen LogP contribution in [0, 0.1) is 0 Å². The van der Waals surface area contributed by atoms with E-state index in [4.69, 9.17) is 4.52 Å². The van der Waals surface area contributed by atoms with Gasteiger partial charge in [-0.05, 0) is 19.4 Å². The number of hydrogen-bond acceptors (Lipinski definition) is 4. The maximum atomic E-state index is 12.5. The lowest BCUT2D eigenvalue weighted by atomic mass is 10.1. The maximum Gasteiger partial charge on any atom is 0.387 e. The second-order valence-electron chi connectivity index (χ2n) is 5.77. The Bertz CT molecular complexity index is 732. The van der Waals surface area contributed by atoms with Crippen LogP contribution in [0.15, 0.2) is 33.8 Å². The number of ether oxygens (including phenoxy) is 1. The molecule has 6 nitrogen and oxygen atoms in total. The number of aryl methyl sites for hydroxylation is 2. The Morgan fingerprint density at radius 3 is 2.57 bits per heavy atom. The van der Waals surface area contributed by atoms with Crippen molar-refractivity contribution in [3.63, 3.8) is 0 Å². The van der Waals surface area contributed by atoms with E-state index in [0.29, 0.717) is 24.6 Å². The summed E-state index contributed by atoms with van der Waals surface area (Å²) >= 11 is 0. The lowest BCUT2D eigenvalue weighted by molar-refractivity contribution is -0.0504. The lowest BCUT2D eigenvalue weighted by Gasteiger charge is -2.13. The van der Waals surface area contributed by atoms with Crippen molar-refractivity contribution < 1.29 is 18.0 Å². The SMILES string of the molecule is CCNC(=NCc1ccccc1OC(F)F)NCc1c(CC)noc1CC.I. The Morgan fingerprint density at radius 2 is 1.93 bits per heavy atom. The molecule has 0 aliphatic carbocycles. The molecule has 1 heterocycles. The van der Waals surface area contributed by atoms with Gasteiger partial charge in [0.1, 0.15) is 11.5 Å². The van der Waals surface area contributed by atoms with Gasteiger partial charge in [0.2, 0.25) is 0 Å². The van der Waals surface area contributed by atoms with Crippen LogP contribution in [0.4, 0.5) is 8.78 Å². The minimum atomic E-state index is -2.87. The van der Waals surface area contributed by atoms with Gasteiger partial charge in [-0.1, -0.05) is 37.2 Å². The molecule has 28 heavy (non-hydrogen) atoms. The Balaban J connectivity index is 0.00000392. The number of aliphatic imine (C=N–C) groups is 1. The number of halogens is 3. The summed E-state index contributed by atoms with van der Waals surface area (Å²) in [5.41, 5.74) is 2.54. The third kappa shape index (κ3) is 6.92. The van der Waals surface area contributed by atoms with E-state index in [9.17, 15) is 8.78 Å². The molecule has 0 saturated carbocycles. The topological polar surface area (TPSA) is 71.7 Å². The second-order valence-corrected chi connectivity index (χ2v) is 5.77. The molecule has 9 heteroatoms. The van der Waals surface area contributed by atoms with Crippen LogP contribution in [0.25, 0.3) is 0 Å². The molecule has 0 spiro atoms. The summed E-state index contributed by atoms with van der Waals surface area (Å²) in [6.45, 7) is 4.55. The highest BCUT2D eigenvalue weighted by molar-refractivity contribution is 14.0. The number of aromatic nitrogens is 1. The first kappa shape index (κ1) is 24.1. The minimum absolute atomic E-state index is 0. The molecule has 0 fully saturated rings. The first-order valence-electron chi connectivity index (χ1n) is 9.10. The van der Waals surface area contributed by atoms with Gasteiger partial charge in [0.25, 0.3) is 0 Å². The lowest BCUT2D eigenvalue weighted by Crippen LogP contribution is -2.37. The van der Waals surface area contributed by atoms with E-state index in [1.54, 1.807) is 18.2 Å². The maximum absolute atomic E-state index is 12.5. The monoisotopic (exact) mass is 508 g/mol. The summed E-state index contributed by atoms with van der Waals surface area (Å²) in [7, 11) is 0. The molecule has 0 unspecified atom stereocenters. The third-order valence-corrected chi connectivity index (χ3v) is 3.98. The fourth-order valence-electron chi connectivity index (χ4n) is 2.66. The van der Waals surface area contributed by atoms with Crippen molar-refractivity contribution in [1.82, 2.24) is 15.8 Å². The van der Waals surface area contributed by atoms with Gasteiger partial charge in [-0.25, -0.2) is 4.99 Å². The van der Waals surface area contributed by atoms with Crippen molar-refractivity contribution in [1.29, 1.82) is 0 Å². The number of nitrogens with one attached hydrogen (secondary N) is 2. The Labute approximate surface area is 181 Å². The zero-order chi connectivity index (χ0) is 19.6. The van der Waals surface area contributed by atoms with Gasteiger partial charge < -0.3 is 19.9 Å². The summed E-state index contributed by atoms with van der Waals surface area (Å²) in [4.78, 5) is 4.48. The molecule has 2 aromatic rings. The number of rotatable bonds is 9. The number of guanidine groups is 1. The fourth-order valence-corrected chi connectivity index (χ4v) is 2.66. The van der Waals surface area contributed by atoms with Gasteiger partial charge in [0.05, 0.1) is 12.2 Å². The zero-order valence-corrected chi connectivity index (χ0v) is 18.6. The molecule has 0 saturated heterocycles. The summed E-state index contributed by atoms with van der Waals surface area (Å²) in [6.07, 6.45) is 1.54. The van der Waals surface area contributed by atoms with Crippen molar-refractivity contribution in [2.75, 3.05) is 6.54 Å². The van der Waals surface area contributed by atoms with Gasteiger partial charge in [-0.2, -0.15) is 8.78 Å². The van der Waals surface area contributed by atoms with Crippen LogP contribution in [-0.4, -0.2) is 24.3 Å². The molecule has 1 aromatic heterocycles. The van der Waals surface area contributed by atoms with Gasteiger partial charge in [0.15, 0.2) is 5.96 Å². The Morgan fingerprint density at radius 1 is 1.18 bits per heavy atom. The van der Waals surface area contributed by atoms with Crippen LogP contribution in [0.1, 0.15) is 43.4 Å². The molecule has 1 aromatic carbocycles. The predicted molar refractivity (Wildman–Crippen MR) is 115 cm³/mol. The fraction of sp³-hybridized carbons (Fsp3) is 0.474. The molecule has 156 valence electrons. The van der Waals surface area contributed by atoms with E-state index in [1.807, 2.05) is 20.8 Å². The Hall–Kier alpha value is -1.91. The highest BCUT2D eigenvalue weighted by atomic mass is 127. The smallest absolute Gasteiger partial charge is 0.387 e. The molecular formula is C19H27F2IN4O2. The normalized spacial score (nSPS) is 11.3. The molecule has 2 N–H and O–H groups in total. The van der Waals surface area contributed by atoms with Gasteiger partial charge in [-0.15, -0.1) is 24.0 Å². The number of para-hydroxylation sites is 1. The van der Waals surface area contributed by atoms with Crippen molar-refractivity contribution >= 4 is 29.9 Å². The first-order valence-corrected chi connectivity index (χ1v) is 9.10. The van der Waals surface area contributed by atoms with E-state index >= 15 is 0 Å². The third-order valence-electron chi connectivity index (χ3n) is 3.98. The molecule has 0 amide bonds. The molecular weight excluding hydrogens is 481 g/mol. The number of alkyl halides is 2. The number of benzene rings is 1. The van der Waals surface area contributed by atoms with Crippen molar-refractivity contribution in [2.45, 2.75) is 53.3 Å². The average Bonchev–Trinajstić information content (AvgIpc) is 3.06. The summed E-state index contributed by atoms with van der Waals surface area (Å²) < 4.78 is 35.0. The molecule has 0 radical (unpaired) electrons. The van der Waals surface area contributed by atoms with Gasteiger partial charge >= 0.3 is 6.61 Å². The average molecular weight is 508 g/mol. The van der Waals surface area contributed by atoms with Gasteiger partial charge in [0, 0.05) is 30.6 Å². The second kappa shape index (κ2) is 12.5. The van der Waals surface area contributed by atoms with Crippen LogP contribution in [0.5, 0.6) is 5.75 Å². The van der Waals surface area contributed by atoms with Crippen LogP contribution < -0.4 is 15.4 Å². The molecule has 0 aliphatic rings. The van der Waals surface area contributed by atoms with E-state index in [2.05, 4.69) is 25.5 Å². The van der Waals surface area contributed by atoms with Crippen LogP contribution >= 0.6 is 24.0 Å². The van der Waals surface area contributed by atoms with E-state index in [1.165, 1.54) is 6.07 Å². The largest absolute Gasteiger partial charge is 0.434 e. The predicted octanol–water partition coefficient (Wildman–Crippen LogP) is 4.27. The molecule has 2 rings (SSSR count). The quantitative estimate of drug-likeness (QED) is 0.301. The van der Waals surface area contributed by atoms with Crippen molar-refractivity contribution in [2.24, 2.45) is 4.99 Å². The summed E-state index contributed by atoms with van der Waals surface area (Å²) in [6, 6.07) is 6.64. The van der Waals surface area contributed by atoms with Crippen LogP contribution in [0.2, 0.25) is 0 Å². The molecule has 0 bridgehead atoms. The molecule has 0 aliphatic heterocycles. The summed E-state index contributed by atoms with van der Waals surface area (Å²) in [5.74, 6) is 1.56. The van der Waals surface area contributed by atoms with Crippen molar-refractivity contribution in [3.8, 4) is 5.75 Å². The van der Waals surface area contributed by atoms with Crippen molar-refractivity contribution in [3.05, 3.63) is 46.8 Å². The highest BCUT2D eigenvalue weighted by Gasteiger charge is 2.14. The number of nitrogens with zero attached hydrogens (tertiary/aromatic N) is 2. The van der Waals surface area contributed by atoms with E-state index in [-0.39, 0.29) is 36.3 Å². The highest BCUT2D eigenvalue weighted by Crippen LogP contribution is 2.21. The van der Waals surface area contributed by atoms with E-state index < -0.39 is 6.61 Å². The number of hydrogen-bond donors (Lipinski definition) is 2. The minimum Gasteiger partial charge on any atom is -0.434 e. The standard InChI is InChI=1S/C19H26F2N4O2.HI/c1-4-15-14(16(5-2)27-25-15)12-24-19(22-6-3)23-11-13-9-7-8-10-17(13)26-18(20)21;/h7-10,18H,4-6,11-12H2,1-3H3,(H2,22,23,24);1H.